The van der Waals surface area contributed by atoms with Gasteiger partial charge < -0.3 is 19.7 Å². The number of amides is 2. The van der Waals surface area contributed by atoms with Gasteiger partial charge >= 0.3 is 6.03 Å². The number of urea groups is 1. The Bertz CT molecular complexity index is 743. The lowest BCUT2D eigenvalue weighted by atomic mass is 10.2. The van der Waals surface area contributed by atoms with Crippen LogP contribution in [-0.4, -0.2) is 34.7 Å². The summed E-state index contributed by atoms with van der Waals surface area (Å²) in [5.41, 5.74) is 2.75. The maximum absolute atomic E-state index is 12.2. The summed E-state index contributed by atoms with van der Waals surface area (Å²) in [6.07, 6.45) is 0. The van der Waals surface area contributed by atoms with Gasteiger partial charge in [-0.2, -0.15) is 0 Å². The molecule has 1 N–H and O–H groups in total. The van der Waals surface area contributed by atoms with Crippen molar-refractivity contribution in [2.24, 2.45) is 0 Å². The topological polar surface area (TPSA) is 76.6 Å². The highest BCUT2D eigenvalue weighted by molar-refractivity contribution is 5.73. The Labute approximate surface area is 140 Å². The maximum atomic E-state index is 12.2. The largest absolute Gasteiger partial charge is 0.454 e. The van der Waals surface area contributed by atoms with Crippen LogP contribution in [0.1, 0.15) is 22.8 Å². The Kier molecular flexibility index (Phi) is 4.50. The van der Waals surface area contributed by atoms with Crippen LogP contribution in [0.15, 0.2) is 24.3 Å². The third-order valence-electron chi connectivity index (χ3n) is 3.63. The molecule has 1 aromatic carbocycles. The summed E-state index contributed by atoms with van der Waals surface area (Å²) >= 11 is 0. The first-order chi connectivity index (χ1) is 11.5. The van der Waals surface area contributed by atoms with Crippen molar-refractivity contribution < 1.29 is 14.3 Å². The van der Waals surface area contributed by atoms with Crippen molar-refractivity contribution in [3.63, 3.8) is 0 Å². The lowest BCUT2D eigenvalue weighted by Crippen LogP contribution is -2.36. The van der Waals surface area contributed by atoms with Crippen LogP contribution in [-0.2, 0) is 13.1 Å². The van der Waals surface area contributed by atoms with Crippen molar-refractivity contribution in [3.05, 3.63) is 47.0 Å². The van der Waals surface area contributed by atoms with E-state index in [1.165, 1.54) is 0 Å². The number of aryl methyl sites for hydroxylation is 2. The van der Waals surface area contributed by atoms with E-state index in [0.717, 1.165) is 22.7 Å². The highest BCUT2D eigenvalue weighted by Crippen LogP contribution is 2.32. The van der Waals surface area contributed by atoms with Gasteiger partial charge in [-0.3, -0.25) is 0 Å². The fourth-order valence-electron chi connectivity index (χ4n) is 2.55. The number of carbonyl (C=O) groups excluding carboxylic acids is 1. The summed E-state index contributed by atoms with van der Waals surface area (Å²) in [5.74, 6) is 2.06. The molecule has 3 rings (SSSR count). The van der Waals surface area contributed by atoms with Crippen LogP contribution in [0.4, 0.5) is 4.79 Å². The van der Waals surface area contributed by atoms with Gasteiger partial charge in [-0.15, -0.1) is 0 Å². The van der Waals surface area contributed by atoms with E-state index >= 15 is 0 Å². The molecule has 1 aliphatic rings. The summed E-state index contributed by atoms with van der Waals surface area (Å²) in [7, 11) is 1.74. The smallest absolute Gasteiger partial charge is 0.317 e. The normalized spacial score (nSPS) is 12.1. The SMILES string of the molecule is Cc1cc(C)nc(CNC(=O)N(C)Cc2ccc3c(c2)OCO3)n1. The van der Waals surface area contributed by atoms with Gasteiger partial charge in [0.25, 0.3) is 0 Å². The van der Waals surface area contributed by atoms with E-state index in [-0.39, 0.29) is 12.8 Å². The quantitative estimate of drug-likeness (QED) is 0.931. The van der Waals surface area contributed by atoms with Crippen LogP contribution >= 0.6 is 0 Å². The van der Waals surface area contributed by atoms with E-state index < -0.39 is 0 Å². The molecule has 0 fully saturated rings. The number of nitrogens with one attached hydrogen (secondary N) is 1. The molecule has 0 atom stereocenters. The van der Waals surface area contributed by atoms with E-state index in [0.29, 0.717) is 24.7 Å². The van der Waals surface area contributed by atoms with E-state index in [9.17, 15) is 4.79 Å². The van der Waals surface area contributed by atoms with Gasteiger partial charge in [-0.1, -0.05) is 6.07 Å². The lowest BCUT2D eigenvalue weighted by Gasteiger charge is -2.18. The van der Waals surface area contributed by atoms with Gasteiger partial charge in [0.05, 0.1) is 6.54 Å². The molecular formula is C17H20N4O3. The Morgan fingerprint density at radius 3 is 2.62 bits per heavy atom. The number of carbonyl (C=O) groups is 1. The van der Waals surface area contributed by atoms with Crippen LogP contribution in [0.25, 0.3) is 0 Å². The third-order valence-corrected chi connectivity index (χ3v) is 3.63. The van der Waals surface area contributed by atoms with Gasteiger partial charge in [-0.25, -0.2) is 14.8 Å². The molecule has 0 aliphatic carbocycles. The van der Waals surface area contributed by atoms with Crippen molar-refractivity contribution in [2.75, 3.05) is 13.8 Å². The molecule has 7 heteroatoms. The predicted molar refractivity (Wildman–Crippen MR) is 87.8 cm³/mol. The van der Waals surface area contributed by atoms with Crippen molar-refractivity contribution in [3.8, 4) is 11.5 Å². The number of hydrogen-bond donors (Lipinski definition) is 1. The van der Waals surface area contributed by atoms with Gasteiger partial charge in [0.15, 0.2) is 11.5 Å². The average Bonchev–Trinajstić information content (AvgIpc) is 2.99. The first-order valence-corrected chi connectivity index (χ1v) is 7.70. The molecule has 1 aliphatic heterocycles. The Balaban J connectivity index is 1.56. The van der Waals surface area contributed by atoms with Crippen molar-refractivity contribution >= 4 is 6.03 Å². The number of fused-ring (bicyclic) bond motifs is 1. The zero-order valence-electron chi connectivity index (χ0n) is 14.0. The zero-order chi connectivity index (χ0) is 17.1. The minimum atomic E-state index is -0.185. The molecule has 7 nitrogen and oxygen atoms in total. The summed E-state index contributed by atoms with van der Waals surface area (Å²) in [6.45, 7) is 4.82. The summed E-state index contributed by atoms with van der Waals surface area (Å²) in [5, 5.41) is 2.83. The average molecular weight is 328 g/mol. The van der Waals surface area contributed by atoms with Crippen LogP contribution in [0.5, 0.6) is 11.5 Å². The molecule has 0 bridgehead atoms. The first kappa shape index (κ1) is 16.0. The molecule has 2 aromatic rings. The van der Waals surface area contributed by atoms with Crippen molar-refractivity contribution in [2.45, 2.75) is 26.9 Å². The molecule has 126 valence electrons. The Morgan fingerprint density at radius 1 is 1.17 bits per heavy atom. The highest BCUT2D eigenvalue weighted by atomic mass is 16.7. The van der Waals surface area contributed by atoms with Gasteiger partial charge in [0.1, 0.15) is 5.82 Å². The van der Waals surface area contributed by atoms with E-state index in [1.807, 2.05) is 38.1 Å². The molecular weight excluding hydrogens is 308 g/mol. The molecule has 0 saturated heterocycles. The maximum Gasteiger partial charge on any atom is 0.317 e. The predicted octanol–water partition coefficient (Wildman–Crippen LogP) is 2.16. The highest BCUT2D eigenvalue weighted by Gasteiger charge is 2.15. The molecule has 1 aromatic heterocycles. The second-order valence-electron chi connectivity index (χ2n) is 5.77. The summed E-state index contributed by atoms with van der Waals surface area (Å²) in [4.78, 5) is 22.5. The van der Waals surface area contributed by atoms with E-state index in [4.69, 9.17) is 9.47 Å². The van der Waals surface area contributed by atoms with Crippen molar-refractivity contribution in [1.82, 2.24) is 20.2 Å². The standard InChI is InChI=1S/C17H20N4O3/c1-11-6-12(2)20-16(19-11)8-18-17(22)21(3)9-13-4-5-14-15(7-13)24-10-23-14/h4-7H,8-10H2,1-3H3,(H,18,22). The van der Waals surface area contributed by atoms with Gasteiger partial charge in [0, 0.05) is 25.0 Å². The van der Waals surface area contributed by atoms with Crippen LogP contribution in [0.3, 0.4) is 0 Å². The molecule has 2 amide bonds. The Morgan fingerprint density at radius 2 is 1.88 bits per heavy atom. The molecule has 0 unspecified atom stereocenters. The van der Waals surface area contributed by atoms with Crippen LogP contribution < -0.4 is 14.8 Å². The molecule has 24 heavy (non-hydrogen) atoms. The van der Waals surface area contributed by atoms with Crippen molar-refractivity contribution in [1.29, 1.82) is 0 Å². The fraction of sp³-hybridized carbons (Fsp3) is 0.353. The lowest BCUT2D eigenvalue weighted by molar-refractivity contribution is 0.174. The molecule has 0 radical (unpaired) electrons. The number of hydrogen-bond acceptors (Lipinski definition) is 5. The monoisotopic (exact) mass is 328 g/mol. The molecule has 0 saturated carbocycles. The molecule has 0 spiro atoms. The number of benzene rings is 1. The number of aromatic nitrogens is 2. The van der Waals surface area contributed by atoms with Crippen LogP contribution in [0.2, 0.25) is 0 Å². The Hall–Kier alpha value is -2.83. The fourth-order valence-corrected chi connectivity index (χ4v) is 2.55. The van der Waals surface area contributed by atoms with Gasteiger partial charge in [0.2, 0.25) is 6.79 Å². The minimum Gasteiger partial charge on any atom is -0.454 e. The molecule has 2 heterocycles. The van der Waals surface area contributed by atoms with Crippen LogP contribution in [0, 0.1) is 13.8 Å². The van der Waals surface area contributed by atoms with E-state index in [2.05, 4.69) is 15.3 Å². The number of ether oxygens (including phenoxy) is 2. The second-order valence-corrected chi connectivity index (χ2v) is 5.77. The third kappa shape index (κ3) is 3.73. The minimum absolute atomic E-state index is 0.185. The number of rotatable bonds is 4. The van der Waals surface area contributed by atoms with E-state index in [1.54, 1.807) is 11.9 Å². The first-order valence-electron chi connectivity index (χ1n) is 7.70. The zero-order valence-corrected chi connectivity index (χ0v) is 14.0. The summed E-state index contributed by atoms with van der Waals surface area (Å²) < 4.78 is 10.6. The van der Waals surface area contributed by atoms with Gasteiger partial charge in [-0.05, 0) is 37.6 Å². The number of nitrogens with zero attached hydrogens (tertiary/aromatic N) is 3. The second kappa shape index (κ2) is 6.74. The summed E-state index contributed by atoms with van der Waals surface area (Å²) in [6, 6.07) is 7.38.